The van der Waals surface area contributed by atoms with Gasteiger partial charge in [0.05, 0.1) is 22.2 Å². The minimum Gasteiger partial charge on any atom is -0.280 e. The number of pyridine rings is 1. The summed E-state index contributed by atoms with van der Waals surface area (Å²) < 4.78 is 0. The van der Waals surface area contributed by atoms with Crippen LogP contribution in [0.3, 0.4) is 0 Å². The molecule has 1 aliphatic heterocycles. The number of benzene rings is 2. The number of rotatable bonds is 4. The van der Waals surface area contributed by atoms with Crippen LogP contribution in [0.4, 0.5) is 11.4 Å². The van der Waals surface area contributed by atoms with Crippen LogP contribution in [0.1, 0.15) is 35.7 Å². The normalized spacial score (nSPS) is 13.6. The van der Waals surface area contributed by atoms with Gasteiger partial charge in [-0.2, -0.15) is 5.26 Å². The molecule has 0 radical (unpaired) electrons. The number of aryl methyl sites for hydroxylation is 3. The molecule has 4 nitrogen and oxygen atoms in total. The van der Waals surface area contributed by atoms with Crippen LogP contribution in [0, 0.1) is 18.3 Å². The predicted molar refractivity (Wildman–Crippen MR) is 121 cm³/mol. The predicted octanol–water partition coefficient (Wildman–Crippen LogP) is 5.60. The van der Waals surface area contributed by atoms with Gasteiger partial charge >= 0.3 is 0 Å². The van der Waals surface area contributed by atoms with Gasteiger partial charge in [-0.15, -0.1) is 0 Å². The van der Waals surface area contributed by atoms with E-state index in [1.54, 1.807) is 6.07 Å². The summed E-state index contributed by atoms with van der Waals surface area (Å²) in [5.41, 5.74) is 5.59. The number of amides is 1. The van der Waals surface area contributed by atoms with E-state index in [0.717, 1.165) is 29.9 Å². The molecule has 5 heteroatoms. The summed E-state index contributed by atoms with van der Waals surface area (Å²) in [6, 6.07) is 22.1. The third kappa shape index (κ3) is 3.83. The first kappa shape index (κ1) is 20.2. The van der Waals surface area contributed by atoms with Gasteiger partial charge in [-0.05, 0) is 61.6 Å². The third-order valence-electron chi connectivity index (χ3n) is 5.37. The topological polar surface area (TPSA) is 57.0 Å². The Labute approximate surface area is 181 Å². The van der Waals surface area contributed by atoms with Crippen molar-refractivity contribution in [1.29, 1.82) is 5.26 Å². The summed E-state index contributed by atoms with van der Waals surface area (Å²) in [6.45, 7) is 3.91. The van der Waals surface area contributed by atoms with E-state index in [1.165, 1.54) is 22.9 Å². The zero-order valence-corrected chi connectivity index (χ0v) is 17.9. The molecule has 1 amide bonds. The Morgan fingerprint density at radius 1 is 1.07 bits per heavy atom. The van der Waals surface area contributed by atoms with Crippen LogP contribution in [0.15, 0.2) is 65.7 Å². The lowest BCUT2D eigenvalue weighted by atomic mass is 10.0. The Kier molecular flexibility index (Phi) is 5.87. The molecular formula is C25H23N3OS. The van der Waals surface area contributed by atoms with E-state index in [2.05, 4.69) is 23.2 Å². The summed E-state index contributed by atoms with van der Waals surface area (Å²) in [7, 11) is 0. The summed E-state index contributed by atoms with van der Waals surface area (Å²) in [5.74, 6) is 0.0245. The number of hydrogen-bond donors (Lipinski definition) is 0. The zero-order valence-electron chi connectivity index (χ0n) is 17.1. The molecule has 1 aromatic heterocycles. The molecule has 30 heavy (non-hydrogen) atoms. The Morgan fingerprint density at radius 3 is 2.23 bits per heavy atom. The van der Waals surface area contributed by atoms with E-state index < -0.39 is 0 Å². The molecule has 3 aromatic rings. The van der Waals surface area contributed by atoms with Crippen LogP contribution in [0.2, 0.25) is 0 Å². The van der Waals surface area contributed by atoms with Gasteiger partial charge in [0.15, 0.2) is 0 Å². The number of fused-ring (bicyclic) bond motifs is 2. The maximum atomic E-state index is 13.9. The maximum absolute atomic E-state index is 13.9. The van der Waals surface area contributed by atoms with Crippen LogP contribution in [-0.4, -0.2) is 16.1 Å². The molecule has 2 aromatic carbocycles. The minimum atomic E-state index is -0.342. The van der Waals surface area contributed by atoms with Crippen molar-refractivity contribution >= 4 is 29.0 Å². The average Bonchev–Trinajstić information content (AvgIpc) is 2.94. The van der Waals surface area contributed by atoms with Gasteiger partial charge in [-0.3, -0.25) is 9.69 Å². The van der Waals surface area contributed by atoms with Crippen molar-refractivity contribution in [2.24, 2.45) is 0 Å². The molecule has 1 unspecified atom stereocenters. The van der Waals surface area contributed by atoms with Crippen molar-refractivity contribution in [3.63, 3.8) is 0 Å². The number of anilines is 2. The third-order valence-corrected chi connectivity index (χ3v) is 6.72. The zero-order chi connectivity index (χ0) is 21.1. The van der Waals surface area contributed by atoms with Crippen molar-refractivity contribution in [1.82, 2.24) is 4.98 Å². The van der Waals surface area contributed by atoms with Crippen molar-refractivity contribution in [3.05, 3.63) is 83.0 Å². The first-order valence-electron chi connectivity index (χ1n) is 10.2. The van der Waals surface area contributed by atoms with E-state index in [0.29, 0.717) is 17.0 Å². The number of aromatic nitrogens is 1. The fourth-order valence-corrected chi connectivity index (χ4v) is 4.89. The number of carbonyl (C=O) groups is 1. The first-order valence-corrected chi connectivity index (χ1v) is 11.0. The van der Waals surface area contributed by atoms with Crippen LogP contribution in [-0.2, 0) is 17.6 Å². The lowest BCUT2D eigenvalue weighted by molar-refractivity contribution is -0.117. The second kappa shape index (κ2) is 8.73. The molecule has 0 saturated carbocycles. The first-order chi connectivity index (χ1) is 14.6. The molecule has 4 rings (SSSR count). The van der Waals surface area contributed by atoms with Crippen molar-refractivity contribution in [2.75, 3.05) is 4.90 Å². The van der Waals surface area contributed by atoms with Crippen molar-refractivity contribution in [3.8, 4) is 6.07 Å². The second-order valence-corrected chi connectivity index (χ2v) is 8.55. The van der Waals surface area contributed by atoms with Gasteiger partial charge in [-0.25, -0.2) is 4.98 Å². The van der Waals surface area contributed by atoms with E-state index in [1.807, 2.05) is 61.2 Å². The van der Waals surface area contributed by atoms with E-state index >= 15 is 0 Å². The number of nitrogens with zero attached hydrogens (tertiary/aromatic N) is 3. The number of carbonyl (C=O) groups excluding carboxylic acids is 1. The van der Waals surface area contributed by atoms with Crippen LogP contribution < -0.4 is 4.90 Å². The second-order valence-electron chi connectivity index (χ2n) is 7.36. The molecule has 1 atom stereocenters. The highest BCUT2D eigenvalue weighted by molar-refractivity contribution is 8.00. The molecule has 2 heterocycles. The van der Waals surface area contributed by atoms with Crippen molar-refractivity contribution < 1.29 is 4.79 Å². The molecule has 0 spiro atoms. The monoisotopic (exact) mass is 413 g/mol. The van der Waals surface area contributed by atoms with Gasteiger partial charge in [0.1, 0.15) is 11.1 Å². The number of hydrogen-bond acceptors (Lipinski definition) is 4. The summed E-state index contributed by atoms with van der Waals surface area (Å²) in [5, 5.41) is 9.76. The van der Waals surface area contributed by atoms with E-state index in [-0.39, 0.29) is 11.2 Å². The molecule has 0 bridgehead atoms. The minimum absolute atomic E-state index is 0.0245. The fraction of sp³-hybridized carbons (Fsp3) is 0.240. The van der Waals surface area contributed by atoms with Crippen LogP contribution in [0.5, 0.6) is 0 Å². The Bertz CT molecular complexity index is 1090. The highest BCUT2D eigenvalue weighted by atomic mass is 32.2. The van der Waals surface area contributed by atoms with Gasteiger partial charge in [0, 0.05) is 5.69 Å². The largest absolute Gasteiger partial charge is 0.280 e. The number of thioether (sulfide) groups is 1. The van der Waals surface area contributed by atoms with Crippen LogP contribution >= 0.6 is 11.8 Å². The van der Waals surface area contributed by atoms with Crippen molar-refractivity contribution in [2.45, 2.75) is 43.4 Å². The highest BCUT2D eigenvalue weighted by Gasteiger charge is 2.31. The van der Waals surface area contributed by atoms with E-state index in [4.69, 9.17) is 0 Å². The lowest BCUT2D eigenvalue weighted by Crippen LogP contribution is -2.34. The SMILES string of the molecule is CCC(Sc1nc(C)ccc1C#N)C(=O)N1c2ccccc2CCc2ccccc21. The standard InChI is InChI=1S/C25H23N3OS/c1-3-23(30-24-20(16-26)13-12-17(2)27-24)25(29)28-21-10-6-4-8-18(21)14-15-19-9-5-7-11-22(19)28/h4-13,23H,3,14-15H2,1-2H3. The van der Waals surface area contributed by atoms with Crippen LogP contribution in [0.25, 0.3) is 0 Å². The number of para-hydroxylation sites is 2. The fourth-order valence-electron chi connectivity index (χ4n) is 3.81. The maximum Gasteiger partial charge on any atom is 0.245 e. The van der Waals surface area contributed by atoms with Gasteiger partial charge < -0.3 is 0 Å². The Morgan fingerprint density at radius 2 is 1.67 bits per heavy atom. The van der Waals surface area contributed by atoms with Gasteiger partial charge in [0.2, 0.25) is 5.91 Å². The molecule has 0 N–H and O–H groups in total. The summed E-state index contributed by atoms with van der Waals surface area (Å²) >= 11 is 1.39. The molecule has 0 saturated heterocycles. The molecule has 1 aliphatic rings. The highest BCUT2D eigenvalue weighted by Crippen LogP contribution is 2.39. The Balaban J connectivity index is 1.76. The lowest BCUT2D eigenvalue weighted by Gasteiger charge is -2.28. The van der Waals surface area contributed by atoms with Gasteiger partial charge in [-0.1, -0.05) is 55.1 Å². The molecule has 0 aliphatic carbocycles. The molecular weight excluding hydrogens is 390 g/mol. The quantitative estimate of drug-likeness (QED) is 0.523. The van der Waals surface area contributed by atoms with E-state index in [9.17, 15) is 10.1 Å². The smallest absolute Gasteiger partial charge is 0.245 e. The number of nitriles is 1. The molecule has 0 fully saturated rings. The average molecular weight is 414 g/mol. The Hall–Kier alpha value is -3.10. The summed E-state index contributed by atoms with van der Waals surface area (Å²) in [4.78, 5) is 20.3. The van der Waals surface area contributed by atoms with Gasteiger partial charge in [0.25, 0.3) is 0 Å². The molecule has 150 valence electrons. The summed E-state index contributed by atoms with van der Waals surface area (Å²) in [6.07, 6.45) is 2.45.